The van der Waals surface area contributed by atoms with Gasteiger partial charge < -0.3 is 10.3 Å². The topological polar surface area (TPSA) is 40.7 Å². The zero-order valence-electron chi connectivity index (χ0n) is 12.0. The van der Waals surface area contributed by atoms with Gasteiger partial charge in [0.1, 0.15) is 17.5 Å². The fourth-order valence-corrected chi connectivity index (χ4v) is 2.82. The van der Waals surface area contributed by atoms with Gasteiger partial charge in [0, 0.05) is 12.0 Å². The van der Waals surface area contributed by atoms with Gasteiger partial charge in [0.05, 0.1) is 11.9 Å². The summed E-state index contributed by atoms with van der Waals surface area (Å²) in [6.07, 6.45) is 4.70. The third kappa shape index (κ3) is 3.13. The maximum Gasteiger partial charge on any atom is 0.133 e. The summed E-state index contributed by atoms with van der Waals surface area (Å²) in [5, 5.41) is 3.33. The van der Waals surface area contributed by atoms with Crippen molar-refractivity contribution in [2.75, 3.05) is 13.1 Å². The van der Waals surface area contributed by atoms with Crippen LogP contribution in [0.1, 0.15) is 24.2 Å². The van der Waals surface area contributed by atoms with E-state index >= 15 is 0 Å². The number of piperidine rings is 1. The number of nitrogens with zero attached hydrogens (tertiary/aromatic N) is 1. The van der Waals surface area contributed by atoms with E-state index < -0.39 is 11.6 Å². The zero-order valence-corrected chi connectivity index (χ0v) is 12.0. The maximum atomic E-state index is 14.0. The lowest BCUT2D eigenvalue weighted by Gasteiger charge is -2.21. The second-order valence-electron chi connectivity index (χ2n) is 5.72. The first kappa shape index (κ1) is 14.2. The van der Waals surface area contributed by atoms with E-state index in [1.807, 2.05) is 0 Å². The third-order valence-electron chi connectivity index (χ3n) is 4.11. The number of imidazole rings is 1. The zero-order chi connectivity index (χ0) is 14.8. The highest BCUT2D eigenvalue weighted by Gasteiger charge is 2.16. The highest BCUT2D eigenvalue weighted by molar-refractivity contribution is 5.60. The minimum absolute atomic E-state index is 0.238. The van der Waals surface area contributed by atoms with Crippen molar-refractivity contribution in [2.24, 2.45) is 5.92 Å². The van der Waals surface area contributed by atoms with Crippen molar-refractivity contribution in [2.45, 2.75) is 26.2 Å². The van der Waals surface area contributed by atoms with E-state index in [1.54, 1.807) is 13.1 Å². The first-order valence-corrected chi connectivity index (χ1v) is 7.34. The van der Waals surface area contributed by atoms with Crippen LogP contribution < -0.4 is 5.32 Å². The largest absolute Gasteiger partial charge is 0.342 e. The Morgan fingerprint density at radius 1 is 1.19 bits per heavy atom. The lowest BCUT2D eigenvalue weighted by atomic mass is 9.94. The van der Waals surface area contributed by atoms with Crippen molar-refractivity contribution < 1.29 is 8.78 Å². The molecule has 3 nitrogen and oxygen atoms in total. The van der Waals surface area contributed by atoms with Crippen LogP contribution in [0.5, 0.6) is 0 Å². The first-order valence-electron chi connectivity index (χ1n) is 7.34. The normalized spacial score (nSPS) is 16.3. The van der Waals surface area contributed by atoms with E-state index in [-0.39, 0.29) is 5.56 Å². The first-order chi connectivity index (χ1) is 10.1. The van der Waals surface area contributed by atoms with Crippen LogP contribution >= 0.6 is 0 Å². The third-order valence-corrected chi connectivity index (χ3v) is 4.11. The van der Waals surface area contributed by atoms with E-state index in [4.69, 9.17) is 0 Å². The number of aromatic amines is 1. The molecule has 5 heteroatoms. The molecule has 0 saturated carbocycles. The van der Waals surface area contributed by atoms with Crippen LogP contribution in [0.25, 0.3) is 11.3 Å². The lowest BCUT2D eigenvalue weighted by Crippen LogP contribution is -2.28. The summed E-state index contributed by atoms with van der Waals surface area (Å²) >= 11 is 0. The van der Waals surface area contributed by atoms with E-state index in [0.717, 1.165) is 38.2 Å². The van der Waals surface area contributed by atoms with Gasteiger partial charge in [-0.1, -0.05) is 0 Å². The van der Waals surface area contributed by atoms with Crippen molar-refractivity contribution in [3.8, 4) is 11.3 Å². The number of benzene rings is 1. The molecule has 1 saturated heterocycles. The van der Waals surface area contributed by atoms with Crippen LogP contribution in [0.2, 0.25) is 0 Å². The summed E-state index contributed by atoms with van der Waals surface area (Å²) in [5.74, 6) is 0.619. The van der Waals surface area contributed by atoms with Crippen LogP contribution in [0.3, 0.4) is 0 Å². The average molecular weight is 291 g/mol. The molecule has 0 atom stereocenters. The number of hydrogen-bond donors (Lipinski definition) is 2. The Hall–Kier alpha value is -1.75. The minimum atomic E-state index is -0.425. The predicted molar refractivity (Wildman–Crippen MR) is 78.0 cm³/mol. The molecule has 0 amide bonds. The Labute approximate surface area is 122 Å². The van der Waals surface area contributed by atoms with Crippen LogP contribution in [-0.2, 0) is 6.42 Å². The number of aromatic nitrogens is 2. The van der Waals surface area contributed by atoms with Gasteiger partial charge in [-0.15, -0.1) is 0 Å². The molecule has 1 aliphatic heterocycles. The molecular weight excluding hydrogens is 272 g/mol. The second-order valence-corrected chi connectivity index (χ2v) is 5.72. The van der Waals surface area contributed by atoms with Crippen LogP contribution in [0.4, 0.5) is 8.78 Å². The molecule has 1 fully saturated rings. The molecule has 1 aromatic heterocycles. The number of hydrogen-bond acceptors (Lipinski definition) is 2. The van der Waals surface area contributed by atoms with Crippen molar-refractivity contribution >= 4 is 0 Å². The molecule has 0 radical (unpaired) electrons. The van der Waals surface area contributed by atoms with E-state index in [1.165, 1.54) is 12.1 Å². The van der Waals surface area contributed by atoms with Crippen LogP contribution in [0, 0.1) is 24.5 Å². The Kier molecular flexibility index (Phi) is 4.01. The molecule has 0 bridgehead atoms. The van der Waals surface area contributed by atoms with Gasteiger partial charge >= 0.3 is 0 Å². The Balaban J connectivity index is 1.79. The van der Waals surface area contributed by atoms with Crippen LogP contribution in [0.15, 0.2) is 18.3 Å². The van der Waals surface area contributed by atoms with E-state index in [9.17, 15) is 8.78 Å². The predicted octanol–water partition coefficient (Wildman–Crippen LogP) is 3.21. The van der Waals surface area contributed by atoms with Gasteiger partial charge in [0.2, 0.25) is 0 Å². The molecule has 112 valence electrons. The molecule has 2 aromatic rings. The van der Waals surface area contributed by atoms with Gasteiger partial charge in [0.15, 0.2) is 0 Å². The Morgan fingerprint density at radius 3 is 2.71 bits per heavy atom. The average Bonchev–Trinajstić information content (AvgIpc) is 2.92. The molecule has 0 aliphatic carbocycles. The number of nitrogens with one attached hydrogen (secondary N) is 2. The van der Waals surface area contributed by atoms with Crippen molar-refractivity contribution in [3.63, 3.8) is 0 Å². The van der Waals surface area contributed by atoms with E-state index in [2.05, 4.69) is 15.3 Å². The molecule has 21 heavy (non-hydrogen) atoms. The van der Waals surface area contributed by atoms with E-state index in [0.29, 0.717) is 17.2 Å². The molecule has 3 rings (SSSR count). The van der Waals surface area contributed by atoms with Gasteiger partial charge in [-0.05, 0) is 56.5 Å². The Bertz CT molecular complexity index is 630. The molecule has 0 unspecified atom stereocenters. The number of H-pyrrole nitrogens is 1. The van der Waals surface area contributed by atoms with Gasteiger partial charge in [-0.3, -0.25) is 0 Å². The number of aryl methyl sites for hydroxylation is 1. The summed E-state index contributed by atoms with van der Waals surface area (Å²) < 4.78 is 27.6. The molecule has 0 spiro atoms. The van der Waals surface area contributed by atoms with Crippen molar-refractivity contribution in [1.82, 2.24) is 15.3 Å². The standard InChI is InChI=1S/C16H19F2N3/c1-10-6-14(18)12(8-13(10)17)15-9-20-16(21-15)7-11-2-4-19-5-3-11/h6,8-9,11,19H,2-5,7H2,1H3,(H,20,21). The lowest BCUT2D eigenvalue weighted by molar-refractivity contribution is 0.368. The highest BCUT2D eigenvalue weighted by Crippen LogP contribution is 2.25. The summed E-state index contributed by atoms with van der Waals surface area (Å²) in [6, 6.07) is 2.45. The quantitative estimate of drug-likeness (QED) is 0.911. The molecule has 1 aliphatic rings. The number of rotatable bonds is 3. The highest BCUT2D eigenvalue weighted by atomic mass is 19.1. The summed E-state index contributed by atoms with van der Waals surface area (Å²) in [6.45, 7) is 3.63. The van der Waals surface area contributed by atoms with Gasteiger partial charge in [-0.25, -0.2) is 13.8 Å². The molecule has 2 N–H and O–H groups in total. The SMILES string of the molecule is Cc1cc(F)c(-c2cnc(CC3CCNCC3)[nH]2)cc1F. The van der Waals surface area contributed by atoms with Crippen molar-refractivity contribution in [3.05, 3.63) is 41.4 Å². The summed E-state index contributed by atoms with van der Waals surface area (Å²) in [5.41, 5.74) is 1.09. The fourth-order valence-electron chi connectivity index (χ4n) is 2.82. The minimum Gasteiger partial charge on any atom is -0.342 e. The van der Waals surface area contributed by atoms with Gasteiger partial charge in [0.25, 0.3) is 0 Å². The van der Waals surface area contributed by atoms with Gasteiger partial charge in [-0.2, -0.15) is 0 Å². The maximum absolute atomic E-state index is 14.0. The molecule has 2 heterocycles. The monoisotopic (exact) mass is 291 g/mol. The fraction of sp³-hybridized carbons (Fsp3) is 0.438. The second kappa shape index (κ2) is 5.93. The molecule has 1 aromatic carbocycles. The number of halogens is 2. The molecular formula is C16H19F2N3. The van der Waals surface area contributed by atoms with Crippen LogP contribution in [-0.4, -0.2) is 23.1 Å². The Morgan fingerprint density at radius 2 is 1.95 bits per heavy atom. The summed E-state index contributed by atoms with van der Waals surface area (Å²) in [7, 11) is 0. The smallest absolute Gasteiger partial charge is 0.133 e. The summed E-state index contributed by atoms with van der Waals surface area (Å²) in [4.78, 5) is 7.44. The van der Waals surface area contributed by atoms with Crippen molar-refractivity contribution in [1.29, 1.82) is 0 Å².